The minimum Gasteiger partial charge on any atom is -0.481 e. The topological polar surface area (TPSA) is 104 Å². The number of hydrogen-bond donors (Lipinski definition) is 2. The molecule has 0 aliphatic heterocycles. The largest absolute Gasteiger partial charge is 0.481 e. The van der Waals surface area contributed by atoms with Gasteiger partial charge in [0.15, 0.2) is 0 Å². The maximum absolute atomic E-state index is 11.6. The van der Waals surface area contributed by atoms with Gasteiger partial charge in [-0.15, -0.1) is 0 Å². The molecule has 2 N–H and O–H groups in total. The normalized spacial score (nSPS) is 10.4. The van der Waals surface area contributed by atoms with Crippen molar-refractivity contribution in [1.82, 2.24) is 10.2 Å². The molecule has 0 aromatic rings. The molecule has 7 nitrogen and oxygen atoms in total. The molecule has 0 aromatic carbocycles. The molecule has 0 aliphatic rings. The van der Waals surface area contributed by atoms with Gasteiger partial charge in [0, 0.05) is 25.9 Å². The van der Waals surface area contributed by atoms with Crippen molar-refractivity contribution in [3.8, 4) is 0 Å². The molecule has 0 unspecified atom stereocenters. The lowest BCUT2D eigenvalue weighted by atomic mass is 10.1. The number of nitrogens with zero attached hydrogens (tertiary/aromatic N) is 1. The van der Waals surface area contributed by atoms with Crippen LogP contribution in [0.15, 0.2) is 12.2 Å². The third-order valence-corrected chi connectivity index (χ3v) is 2.94. The Morgan fingerprint density at radius 3 is 2.36 bits per heavy atom. The zero-order valence-corrected chi connectivity index (χ0v) is 12.9. The van der Waals surface area contributed by atoms with Gasteiger partial charge < -0.3 is 10.4 Å². The van der Waals surface area contributed by atoms with E-state index in [-0.39, 0.29) is 25.3 Å². The lowest BCUT2D eigenvalue weighted by Crippen LogP contribution is -2.33. The number of nitrogens with one attached hydrogen (secondary N) is 1. The van der Waals surface area contributed by atoms with Crippen LogP contribution < -0.4 is 5.32 Å². The molecule has 22 heavy (non-hydrogen) atoms. The molecule has 0 aliphatic carbocycles. The zero-order valence-electron chi connectivity index (χ0n) is 12.9. The summed E-state index contributed by atoms with van der Waals surface area (Å²) < 4.78 is 0. The van der Waals surface area contributed by atoms with Gasteiger partial charge in [-0.1, -0.05) is 18.9 Å². The van der Waals surface area contributed by atoms with E-state index < -0.39 is 11.9 Å². The van der Waals surface area contributed by atoms with Crippen LogP contribution in [0.1, 0.15) is 45.4 Å². The van der Waals surface area contributed by atoms with Gasteiger partial charge in [-0.3, -0.25) is 24.1 Å². The van der Waals surface area contributed by atoms with E-state index in [2.05, 4.69) is 5.32 Å². The zero-order chi connectivity index (χ0) is 16.8. The molecule has 0 rings (SSSR count). The summed E-state index contributed by atoms with van der Waals surface area (Å²) in [5, 5.41) is 11.2. The van der Waals surface area contributed by atoms with E-state index in [0.717, 1.165) is 24.2 Å². The number of aliphatic carboxylic acids is 1. The first-order chi connectivity index (χ1) is 10.5. The Labute approximate surface area is 130 Å². The van der Waals surface area contributed by atoms with Gasteiger partial charge in [0.25, 0.3) is 5.91 Å². The van der Waals surface area contributed by atoms with Crippen molar-refractivity contribution in [3.05, 3.63) is 12.2 Å². The Bertz CT molecular complexity index is 407. The van der Waals surface area contributed by atoms with Crippen molar-refractivity contribution in [2.45, 2.75) is 45.4 Å². The molecule has 124 valence electrons. The first kappa shape index (κ1) is 19.8. The third kappa shape index (κ3) is 10.6. The number of amides is 3. The summed E-state index contributed by atoms with van der Waals surface area (Å²) in [7, 11) is 0. The molecule has 0 saturated carbocycles. The number of unbranched alkanes of at least 4 members (excludes halogenated alkanes) is 3. The Hall–Kier alpha value is -2.18. The molecule has 3 amide bonds. The van der Waals surface area contributed by atoms with E-state index in [0.29, 0.717) is 19.4 Å². The van der Waals surface area contributed by atoms with Crippen molar-refractivity contribution in [3.63, 3.8) is 0 Å². The highest BCUT2D eigenvalue weighted by Gasteiger charge is 2.11. The molecule has 0 saturated heterocycles. The second-order valence-electron chi connectivity index (χ2n) is 4.79. The van der Waals surface area contributed by atoms with Crippen molar-refractivity contribution in [1.29, 1.82) is 0 Å². The van der Waals surface area contributed by atoms with Crippen LogP contribution in [-0.4, -0.2) is 47.3 Å². The minimum atomic E-state index is -0.791. The molecule has 0 atom stereocenters. The van der Waals surface area contributed by atoms with Gasteiger partial charge in [-0.25, -0.2) is 0 Å². The fourth-order valence-electron chi connectivity index (χ4n) is 1.75. The van der Waals surface area contributed by atoms with Crippen LogP contribution in [0.5, 0.6) is 0 Å². The molecule has 7 heteroatoms. The van der Waals surface area contributed by atoms with Crippen LogP contribution in [0, 0.1) is 0 Å². The Morgan fingerprint density at radius 2 is 1.77 bits per heavy atom. The summed E-state index contributed by atoms with van der Waals surface area (Å²) >= 11 is 0. The van der Waals surface area contributed by atoms with E-state index >= 15 is 0 Å². The lowest BCUT2D eigenvalue weighted by Gasteiger charge is -2.13. The highest BCUT2D eigenvalue weighted by atomic mass is 16.4. The van der Waals surface area contributed by atoms with Crippen LogP contribution in [0.4, 0.5) is 0 Å². The summed E-state index contributed by atoms with van der Waals surface area (Å²) in [5.41, 5.74) is 0. The number of allylic oxidation sites excluding steroid dienone is 1. The van der Waals surface area contributed by atoms with Crippen molar-refractivity contribution >= 4 is 24.2 Å². The third-order valence-electron chi connectivity index (χ3n) is 2.94. The predicted octanol–water partition coefficient (Wildman–Crippen LogP) is 1.09. The number of rotatable bonds is 12. The van der Waals surface area contributed by atoms with Crippen LogP contribution in [0.3, 0.4) is 0 Å². The van der Waals surface area contributed by atoms with E-state index in [1.165, 1.54) is 12.2 Å². The van der Waals surface area contributed by atoms with Gasteiger partial charge in [0.1, 0.15) is 0 Å². The Kier molecular flexibility index (Phi) is 11.3. The first-order valence-corrected chi connectivity index (χ1v) is 7.38. The molecule has 0 fully saturated rings. The maximum atomic E-state index is 11.6. The SMILES string of the molecule is C/C=C\C(=O)N(C=O)CCC(=O)NCCCCCCC(=O)O. The van der Waals surface area contributed by atoms with E-state index in [9.17, 15) is 19.2 Å². The fraction of sp³-hybridized carbons (Fsp3) is 0.600. The molecular formula is C15H24N2O5. The van der Waals surface area contributed by atoms with Crippen LogP contribution in [0.25, 0.3) is 0 Å². The monoisotopic (exact) mass is 312 g/mol. The van der Waals surface area contributed by atoms with Crippen molar-refractivity contribution in [2.75, 3.05) is 13.1 Å². The first-order valence-electron chi connectivity index (χ1n) is 7.38. The fourth-order valence-corrected chi connectivity index (χ4v) is 1.75. The number of carbonyl (C=O) groups is 4. The molecular weight excluding hydrogens is 288 g/mol. The van der Waals surface area contributed by atoms with E-state index in [1.807, 2.05) is 0 Å². The van der Waals surface area contributed by atoms with Crippen LogP contribution in [0.2, 0.25) is 0 Å². The highest BCUT2D eigenvalue weighted by molar-refractivity contribution is 5.94. The van der Waals surface area contributed by atoms with E-state index in [1.54, 1.807) is 6.92 Å². The second-order valence-corrected chi connectivity index (χ2v) is 4.79. The summed E-state index contributed by atoms with van der Waals surface area (Å²) in [6, 6.07) is 0. The second kappa shape index (κ2) is 12.6. The van der Waals surface area contributed by atoms with Crippen molar-refractivity contribution in [2.24, 2.45) is 0 Å². The van der Waals surface area contributed by atoms with Gasteiger partial charge in [-0.2, -0.15) is 0 Å². The average molecular weight is 312 g/mol. The van der Waals surface area contributed by atoms with Crippen molar-refractivity contribution < 1.29 is 24.3 Å². The standard InChI is InChI=1S/C15H24N2O5/c1-2-7-14(20)17(12-18)11-9-13(19)16-10-6-4-3-5-8-15(21)22/h2,7,12H,3-6,8-11H2,1H3,(H,16,19)(H,21,22)/b7-2-. The molecule has 0 heterocycles. The number of hydrogen-bond acceptors (Lipinski definition) is 4. The van der Waals surface area contributed by atoms with Crippen LogP contribution >= 0.6 is 0 Å². The summed E-state index contributed by atoms with van der Waals surface area (Å²) in [4.78, 5) is 45.0. The number of carbonyl (C=O) groups excluding carboxylic acids is 3. The maximum Gasteiger partial charge on any atom is 0.303 e. The molecule has 0 spiro atoms. The minimum absolute atomic E-state index is 0.0527. The smallest absolute Gasteiger partial charge is 0.303 e. The summed E-state index contributed by atoms with van der Waals surface area (Å²) in [5.74, 6) is -1.45. The summed E-state index contributed by atoms with van der Waals surface area (Å²) in [6.07, 6.45) is 6.55. The quantitative estimate of drug-likeness (QED) is 0.319. The van der Waals surface area contributed by atoms with Gasteiger partial charge >= 0.3 is 5.97 Å². The molecule has 0 radical (unpaired) electrons. The Balaban J connectivity index is 3.70. The van der Waals surface area contributed by atoms with Gasteiger partial charge in [-0.05, 0) is 25.8 Å². The highest BCUT2D eigenvalue weighted by Crippen LogP contribution is 2.02. The predicted molar refractivity (Wildman–Crippen MR) is 80.9 cm³/mol. The Morgan fingerprint density at radius 1 is 1.09 bits per heavy atom. The lowest BCUT2D eigenvalue weighted by molar-refractivity contribution is -0.137. The average Bonchev–Trinajstić information content (AvgIpc) is 2.46. The molecule has 0 aromatic heterocycles. The summed E-state index contributed by atoms with van der Waals surface area (Å²) in [6.45, 7) is 2.23. The van der Waals surface area contributed by atoms with Gasteiger partial charge in [0.2, 0.25) is 12.3 Å². The van der Waals surface area contributed by atoms with Gasteiger partial charge in [0.05, 0.1) is 0 Å². The van der Waals surface area contributed by atoms with E-state index in [4.69, 9.17) is 5.11 Å². The molecule has 0 bridgehead atoms. The number of carboxylic acids is 1. The number of imide groups is 1. The number of carboxylic acid groups (broad SMARTS) is 1. The van der Waals surface area contributed by atoms with Crippen LogP contribution in [-0.2, 0) is 19.2 Å².